The molecule has 0 saturated heterocycles. The molecule has 0 unspecified atom stereocenters. The number of aliphatic hydroxyl groups is 1. The van der Waals surface area contributed by atoms with Crippen molar-refractivity contribution < 1.29 is 34.3 Å². The summed E-state index contributed by atoms with van der Waals surface area (Å²) < 4.78 is 17.5. The summed E-state index contributed by atoms with van der Waals surface area (Å²) >= 11 is 0. The molecule has 33 heavy (non-hydrogen) atoms. The Labute approximate surface area is 193 Å². The van der Waals surface area contributed by atoms with E-state index in [-0.39, 0.29) is 35.0 Å². The third-order valence-corrected chi connectivity index (χ3v) is 6.58. The maximum absolute atomic E-state index is 13.0. The van der Waals surface area contributed by atoms with Crippen molar-refractivity contribution in [3.63, 3.8) is 0 Å². The van der Waals surface area contributed by atoms with E-state index >= 15 is 0 Å². The van der Waals surface area contributed by atoms with Crippen molar-refractivity contribution in [1.82, 2.24) is 0 Å². The third-order valence-electron chi connectivity index (χ3n) is 6.58. The van der Waals surface area contributed by atoms with Gasteiger partial charge in [-0.05, 0) is 70.6 Å². The molecule has 2 atom stereocenters. The van der Waals surface area contributed by atoms with Crippen LogP contribution in [0.4, 0.5) is 0 Å². The lowest BCUT2D eigenvalue weighted by Crippen LogP contribution is -2.37. The molecule has 0 radical (unpaired) electrons. The number of Topliss-reactive ketones (excluding diaryl/α,β-unsaturated/α-hetero) is 1. The van der Waals surface area contributed by atoms with E-state index < -0.39 is 17.3 Å². The largest absolute Gasteiger partial charge is 0.507 e. The summed E-state index contributed by atoms with van der Waals surface area (Å²) in [7, 11) is 1.47. The van der Waals surface area contributed by atoms with Crippen LogP contribution >= 0.6 is 0 Å². The number of carbonyl (C=O) groups is 1. The van der Waals surface area contributed by atoms with Crippen molar-refractivity contribution >= 4 is 5.78 Å². The smallest absolute Gasteiger partial charge is 0.174 e. The van der Waals surface area contributed by atoms with Crippen LogP contribution in [-0.2, 0) is 6.42 Å². The van der Waals surface area contributed by atoms with Gasteiger partial charge in [-0.1, -0.05) is 6.07 Å². The molecular weight excluding hydrogens is 424 g/mol. The summed E-state index contributed by atoms with van der Waals surface area (Å²) in [4.78, 5) is 13.0. The fraction of sp³-hybridized carbons (Fsp3) is 0.500. The molecule has 2 aromatic carbocycles. The number of fused-ring (bicyclic) bond motifs is 2. The molecule has 2 heterocycles. The lowest BCUT2D eigenvalue weighted by atomic mass is 9.85. The Bertz CT molecular complexity index is 1070. The predicted octanol–water partition coefficient (Wildman–Crippen LogP) is 4.84. The second-order valence-electron chi connectivity index (χ2n) is 9.96. The first-order valence-corrected chi connectivity index (χ1v) is 11.4. The first-order chi connectivity index (χ1) is 15.5. The van der Waals surface area contributed by atoms with Gasteiger partial charge in [-0.15, -0.1) is 0 Å². The van der Waals surface area contributed by atoms with Gasteiger partial charge in [-0.2, -0.15) is 0 Å². The van der Waals surface area contributed by atoms with E-state index in [4.69, 9.17) is 14.2 Å². The van der Waals surface area contributed by atoms with Crippen LogP contribution in [0.3, 0.4) is 0 Å². The lowest BCUT2D eigenvalue weighted by Gasteiger charge is -2.38. The van der Waals surface area contributed by atoms with Gasteiger partial charge in [0.15, 0.2) is 17.3 Å². The molecule has 0 bridgehead atoms. The summed E-state index contributed by atoms with van der Waals surface area (Å²) in [5.74, 6) is 0.829. The number of phenols is 2. The zero-order valence-corrected chi connectivity index (χ0v) is 19.6. The SMILES string of the molecule is COc1ccc([C@@H]2CC(=O)c3c(cc4c(c3O)CC[C@](C)(CCCC(C)(C)O)O4)O2)cc1O. The van der Waals surface area contributed by atoms with Gasteiger partial charge < -0.3 is 29.5 Å². The van der Waals surface area contributed by atoms with E-state index in [1.165, 1.54) is 13.2 Å². The minimum atomic E-state index is -0.723. The topological polar surface area (TPSA) is 105 Å². The molecule has 7 heteroatoms. The van der Waals surface area contributed by atoms with E-state index in [1.54, 1.807) is 32.0 Å². The van der Waals surface area contributed by atoms with Crippen LogP contribution in [0.15, 0.2) is 24.3 Å². The summed E-state index contributed by atoms with van der Waals surface area (Å²) in [6.07, 6.45) is 3.01. The molecule has 178 valence electrons. The molecule has 0 aromatic heterocycles. The van der Waals surface area contributed by atoms with Gasteiger partial charge in [0.1, 0.15) is 34.5 Å². The quantitative estimate of drug-likeness (QED) is 0.571. The monoisotopic (exact) mass is 456 g/mol. The fourth-order valence-electron chi connectivity index (χ4n) is 4.69. The number of ketones is 1. The van der Waals surface area contributed by atoms with Crippen LogP contribution in [0.2, 0.25) is 0 Å². The number of methoxy groups -OCH3 is 1. The van der Waals surface area contributed by atoms with E-state index in [9.17, 15) is 20.1 Å². The Morgan fingerprint density at radius 3 is 2.64 bits per heavy atom. The summed E-state index contributed by atoms with van der Waals surface area (Å²) in [5.41, 5.74) is 0.308. The molecule has 2 aliphatic heterocycles. The molecule has 7 nitrogen and oxygen atoms in total. The molecule has 0 fully saturated rings. The Morgan fingerprint density at radius 1 is 1.21 bits per heavy atom. The van der Waals surface area contributed by atoms with Gasteiger partial charge >= 0.3 is 0 Å². The number of rotatable bonds is 6. The van der Waals surface area contributed by atoms with Gasteiger partial charge in [0.25, 0.3) is 0 Å². The predicted molar refractivity (Wildman–Crippen MR) is 123 cm³/mol. The minimum absolute atomic E-state index is 0.0321. The van der Waals surface area contributed by atoms with E-state index in [2.05, 4.69) is 0 Å². The normalized spacial score (nSPS) is 22.1. The minimum Gasteiger partial charge on any atom is -0.507 e. The van der Waals surface area contributed by atoms with Crippen molar-refractivity contribution in [3.05, 3.63) is 41.0 Å². The lowest BCUT2D eigenvalue weighted by molar-refractivity contribution is 0.0328. The van der Waals surface area contributed by atoms with Crippen LogP contribution in [0.1, 0.15) is 80.5 Å². The Hall–Kier alpha value is -2.93. The van der Waals surface area contributed by atoms with E-state index in [0.29, 0.717) is 41.9 Å². The highest BCUT2D eigenvalue weighted by Gasteiger charge is 2.38. The fourth-order valence-corrected chi connectivity index (χ4v) is 4.69. The second kappa shape index (κ2) is 8.45. The van der Waals surface area contributed by atoms with E-state index in [0.717, 1.165) is 12.8 Å². The molecule has 2 aliphatic rings. The summed E-state index contributed by atoms with van der Waals surface area (Å²) in [6.45, 7) is 5.62. The maximum atomic E-state index is 13.0. The number of hydrogen-bond acceptors (Lipinski definition) is 7. The highest BCUT2D eigenvalue weighted by atomic mass is 16.5. The molecule has 0 saturated carbocycles. The van der Waals surface area contributed by atoms with Crippen molar-refractivity contribution in [1.29, 1.82) is 0 Å². The van der Waals surface area contributed by atoms with Crippen LogP contribution in [0, 0.1) is 0 Å². The van der Waals surface area contributed by atoms with Crippen LogP contribution in [-0.4, -0.2) is 39.4 Å². The van der Waals surface area contributed by atoms with Crippen LogP contribution < -0.4 is 14.2 Å². The van der Waals surface area contributed by atoms with Gasteiger partial charge in [0.2, 0.25) is 0 Å². The Morgan fingerprint density at radius 2 is 1.97 bits per heavy atom. The van der Waals surface area contributed by atoms with Crippen LogP contribution in [0.25, 0.3) is 0 Å². The average molecular weight is 457 g/mol. The summed E-state index contributed by atoms with van der Waals surface area (Å²) in [6, 6.07) is 6.60. The summed E-state index contributed by atoms with van der Waals surface area (Å²) in [5, 5.41) is 31.0. The number of phenolic OH excluding ortho intramolecular Hbond substituents is 2. The first-order valence-electron chi connectivity index (χ1n) is 11.4. The number of carbonyl (C=O) groups excluding carboxylic acids is 1. The molecule has 4 rings (SSSR count). The zero-order chi connectivity index (χ0) is 24.0. The molecule has 3 N–H and O–H groups in total. The van der Waals surface area contributed by atoms with Gasteiger partial charge in [-0.25, -0.2) is 0 Å². The van der Waals surface area contributed by atoms with Gasteiger partial charge in [0.05, 0.1) is 19.1 Å². The Kier molecular flexibility index (Phi) is 5.95. The van der Waals surface area contributed by atoms with E-state index in [1.807, 2.05) is 6.92 Å². The number of benzene rings is 2. The third kappa shape index (κ3) is 4.74. The molecule has 0 spiro atoms. The standard InChI is InChI=1S/C26H32O7/c1-25(2,30)9-5-10-26(3)11-8-16-21(33-26)14-22-23(24(16)29)18(28)13-20(32-22)15-6-7-19(31-4)17(27)12-15/h6-7,12,14,20,27,29-30H,5,8-11,13H2,1-4H3/t20-,26-/m0/s1. The highest BCUT2D eigenvalue weighted by molar-refractivity contribution is 6.03. The molecule has 0 amide bonds. The van der Waals surface area contributed by atoms with Crippen molar-refractivity contribution in [3.8, 4) is 28.7 Å². The van der Waals surface area contributed by atoms with Gasteiger partial charge in [0, 0.05) is 11.6 Å². The maximum Gasteiger partial charge on any atom is 0.174 e. The molecule has 0 aliphatic carbocycles. The highest BCUT2D eigenvalue weighted by Crippen LogP contribution is 2.49. The number of aromatic hydroxyl groups is 2. The number of ether oxygens (including phenoxy) is 3. The first kappa shape index (κ1) is 23.2. The number of hydrogen-bond donors (Lipinski definition) is 3. The second-order valence-corrected chi connectivity index (χ2v) is 9.96. The van der Waals surface area contributed by atoms with Crippen molar-refractivity contribution in [2.24, 2.45) is 0 Å². The zero-order valence-electron chi connectivity index (χ0n) is 19.6. The van der Waals surface area contributed by atoms with Crippen molar-refractivity contribution in [2.45, 2.75) is 76.6 Å². The molecule has 2 aromatic rings. The average Bonchev–Trinajstić information content (AvgIpc) is 2.72. The van der Waals surface area contributed by atoms with Crippen LogP contribution in [0.5, 0.6) is 28.7 Å². The van der Waals surface area contributed by atoms with Gasteiger partial charge in [-0.3, -0.25) is 4.79 Å². The van der Waals surface area contributed by atoms with Crippen molar-refractivity contribution in [2.75, 3.05) is 7.11 Å². The molecular formula is C26H32O7. The Balaban J connectivity index is 1.59.